The molecule has 0 spiro atoms. The van der Waals surface area contributed by atoms with Crippen molar-refractivity contribution in [2.24, 2.45) is 5.92 Å². The van der Waals surface area contributed by atoms with Crippen LogP contribution in [0.15, 0.2) is 24.3 Å². The van der Waals surface area contributed by atoms with E-state index in [0.29, 0.717) is 0 Å². The van der Waals surface area contributed by atoms with E-state index in [9.17, 15) is 0 Å². The van der Waals surface area contributed by atoms with Gasteiger partial charge in [0.25, 0.3) is 0 Å². The highest BCUT2D eigenvalue weighted by Crippen LogP contribution is 2.25. The third kappa shape index (κ3) is 3.03. The van der Waals surface area contributed by atoms with Crippen molar-refractivity contribution in [2.45, 2.75) is 19.9 Å². The van der Waals surface area contributed by atoms with Crippen molar-refractivity contribution in [1.29, 1.82) is 0 Å². The lowest BCUT2D eigenvalue weighted by molar-refractivity contribution is 0.231. The zero-order valence-electron chi connectivity index (χ0n) is 10.2. The summed E-state index contributed by atoms with van der Waals surface area (Å²) >= 11 is 1.73. The van der Waals surface area contributed by atoms with Crippen LogP contribution in [-0.4, -0.2) is 23.2 Å². The van der Waals surface area contributed by atoms with Crippen LogP contribution >= 0.6 is 11.3 Å². The Morgan fingerprint density at radius 3 is 2.82 bits per heavy atom. The summed E-state index contributed by atoms with van der Waals surface area (Å²) in [6.07, 6.45) is 0. The first-order valence-electron chi connectivity index (χ1n) is 5.90. The van der Waals surface area contributed by atoms with Crippen LogP contribution in [0.4, 0.5) is 0 Å². The van der Waals surface area contributed by atoms with Gasteiger partial charge >= 0.3 is 0 Å². The molecule has 92 valence electrons. The van der Waals surface area contributed by atoms with Crippen LogP contribution in [0, 0.1) is 5.92 Å². The van der Waals surface area contributed by atoms with Gasteiger partial charge in [-0.05, 0) is 25.0 Å². The molecule has 0 aliphatic rings. The van der Waals surface area contributed by atoms with Gasteiger partial charge in [0.1, 0.15) is 5.01 Å². The molecule has 0 aliphatic carbocycles. The average molecular weight is 250 g/mol. The van der Waals surface area contributed by atoms with E-state index in [-0.39, 0.29) is 18.6 Å². The van der Waals surface area contributed by atoms with Gasteiger partial charge in [-0.2, -0.15) is 0 Å². The lowest BCUT2D eigenvalue weighted by Gasteiger charge is -2.14. The predicted octanol–water partition coefficient (Wildman–Crippen LogP) is 2.58. The van der Waals surface area contributed by atoms with Crippen LogP contribution in [0.1, 0.15) is 24.9 Å². The van der Waals surface area contributed by atoms with Gasteiger partial charge in [-0.25, -0.2) is 4.98 Å². The van der Waals surface area contributed by atoms with Gasteiger partial charge in [0.05, 0.1) is 16.3 Å². The Morgan fingerprint density at radius 1 is 1.35 bits per heavy atom. The molecule has 0 aliphatic heterocycles. The predicted molar refractivity (Wildman–Crippen MR) is 72.3 cm³/mol. The molecule has 2 atom stereocenters. The smallest absolute Gasteiger partial charge is 0.111 e. The minimum Gasteiger partial charge on any atom is -0.396 e. The zero-order valence-corrected chi connectivity index (χ0v) is 11.0. The number of hydrogen-bond acceptors (Lipinski definition) is 4. The molecule has 0 amide bonds. The minimum absolute atomic E-state index is 0.222. The largest absolute Gasteiger partial charge is 0.396 e. The van der Waals surface area contributed by atoms with Crippen molar-refractivity contribution in [2.75, 3.05) is 13.2 Å². The Kier molecular flexibility index (Phi) is 4.10. The summed E-state index contributed by atoms with van der Waals surface area (Å²) in [6, 6.07) is 8.42. The van der Waals surface area contributed by atoms with E-state index in [1.807, 2.05) is 25.1 Å². The van der Waals surface area contributed by atoms with E-state index in [0.717, 1.165) is 17.1 Å². The van der Waals surface area contributed by atoms with Crippen molar-refractivity contribution in [3.63, 3.8) is 0 Å². The molecule has 1 aromatic heterocycles. The second-order valence-electron chi connectivity index (χ2n) is 4.44. The summed E-state index contributed by atoms with van der Waals surface area (Å²) in [5, 5.41) is 13.5. The van der Waals surface area contributed by atoms with E-state index in [1.54, 1.807) is 11.3 Å². The number of fused-ring (bicyclic) bond motifs is 1. The van der Waals surface area contributed by atoms with Gasteiger partial charge in [-0.3, -0.25) is 0 Å². The first kappa shape index (κ1) is 12.5. The molecule has 4 heteroatoms. The van der Waals surface area contributed by atoms with Crippen molar-refractivity contribution >= 4 is 21.6 Å². The second kappa shape index (κ2) is 5.58. The lowest BCUT2D eigenvalue weighted by Crippen LogP contribution is -2.25. The molecule has 1 heterocycles. The molecule has 0 bridgehead atoms. The maximum Gasteiger partial charge on any atom is 0.111 e. The molecule has 3 nitrogen and oxygen atoms in total. The summed E-state index contributed by atoms with van der Waals surface area (Å²) in [7, 11) is 0. The lowest BCUT2D eigenvalue weighted by atomic mass is 10.2. The highest BCUT2D eigenvalue weighted by Gasteiger charge is 2.11. The van der Waals surface area contributed by atoms with Crippen molar-refractivity contribution in [1.82, 2.24) is 10.3 Å². The van der Waals surface area contributed by atoms with E-state index in [1.165, 1.54) is 4.70 Å². The third-order valence-corrected chi connectivity index (χ3v) is 3.98. The number of nitrogens with one attached hydrogen (secondary N) is 1. The summed E-state index contributed by atoms with van der Waals surface area (Å²) in [4.78, 5) is 4.61. The van der Waals surface area contributed by atoms with Crippen LogP contribution in [0.5, 0.6) is 0 Å². The van der Waals surface area contributed by atoms with Crippen LogP contribution in [0.3, 0.4) is 0 Å². The number of thiazole rings is 1. The summed E-state index contributed by atoms with van der Waals surface area (Å²) in [5.41, 5.74) is 1.07. The zero-order chi connectivity index (χ0) is 12.3. The number of aliphatic hydroxyl groups is 1. The topological polar surface area (TPSA) is 45.1 Å². The summed E-state index contributed by atoms with van der Waals surface area (Å²) in [5.74, 6) is 0.284. The quantitative estimate of drug-likeness (QED) is 0.857. The molecule has 17 heavy (non-hydrogen) atoms. The molecule has 2 N–H and O–H groups in total. The number of nitrogens with zero attached hydrogens (tertiary/aromatic N) is 1. The van der Waals surface area contributed by atoms with E-state index < -0.39 is 0 Å². The standard InChI is InChI=1S/C13H18N2OS/c1-9(8-16)7-14-10(2)13-15-11-5-3-4-6-12(11)17-13/h3-6,9-10,14,16H,7-8H2,1-2H3. The molecule has 2 aromatic rings. The molecule has 2 unspecified atom stereocenters. The highest BCUT2D eigenvalue weighted by molar-refractivity contribution is 7.18. The van der Waals surface area contributed by atoms with Crippen molar-refractivity contribution < 1.29 is 5.11 Å². The van der Waals surface area contributed by atoms with Crippen LogP contribution in [0.2, 0.25) is 0 Å². The van der Waals surface area contributed by atoms with Gasteiger partial charge < -0.3 is 10.4 Å². The molecule has 0 saturated carbocycles. The normalized spacial score (nSPS) is 15.0. The molecular weight excluding hydrogens is 232 g/mol. The van der Waals surface area contributed by atoms with Gasteiger partial charge in [0.2, 0.25) is 0 Å². The fraction of sp³-hybridized carbons (Fsp3) is 0.462. The molecule has 1 aromatic carbocycles. The number of benzene rings is 1. The first-order chi connectivity index (χ1) is 8.20. The first-order valence-corrected chi connectivity index (χ1v) is 6.72. The summed E-state index contributed by atoms with van der Waals surface area (Å²) < 4.78 is 1.23. The second-order valence-corrected chi connectivity index (χ2v) is 5.50. The Hall–Kier alpha value is -0.970. The Morgan fingerprint density at radius 2 is 2.12 bits per heavy atom. The average Bonchev–Trinajstić information content (AvgIpc) is 2.79. The monoisotopic (exact) mass is 250 g/mol. The SMILES string of the molecule is CC(CO)CNC(C)c1nc2ccccc2s1. The molecule has 0 fully saturated rings. The van der Waals surface area contributed by atoms with E-state index >= 15 is 0 Å². The third-order valence-electron chi connectivity index (χ3n) is 2.77. The van der Waals surface area contributed by atoms with Crippen molar-refractivity contribution in [3.05, 3.63) is 29.3 Å². The molecule has 2 rings (SSSR count). The highest BCUT2D eigenvalue weighted by atomic mass is 32.1. The molecule has 0 saturated heterocycles. The van der Waals surface area contributed by atoms with Gasteiger partial charge in [-0.1, -0.05) is 19.1 Å². The fourth-order valence-corrected chi connectivity index (χ4v) is 2.60. The van der Waals surface area contributed by atoms with E-state index in [4.69, 9.17) is 5.11 Å². The number of hydrogen-bond donors (Lipinski definition) is 2. The van der Waals surface area contributed by atoms with Gasteiger partial charge in [-0.15, -0.1) is 11.3 Å². The van der Waals surface area contributed by atoms with Crippen molar-refractivity contribution in [3.8, 4) is 0 Å². The fourth-order valence-electron chi connectivity index (χ4n) is 1.61. The number of para-hydroxylation sites is 1. The number of aliphatic hydroxyl groups excluding tert-OH is 1. The number of aromatic nitrogens is 1. The maximum absolute atomic E-state index is 8.98. The van der Waals surface area contributed by atoms with Crippen LogP contribution in [-0.2, 0) is 0 Å². The van der Waals surface area contributed by atoms with E-state index in [2.05, 4.69) is 23.3 Å². The summed E-state index contributed by atoms with van der Waals surface area (Å²) in [6.45, 7) is 5.17. The Labute approximate surface area is 106 Å². The number of rotatable bonds is 5. The maximum atomic E-state index is 8.98. The Bertz CT molecular complexity index is 450. The van der Waals surface area contributed by atoms with Gasteiger partial charge in [0.15, 0.2) is 0 Å². The van der Waals surface area contributed by atoms with Crippen LogP contribution < -0.4 is 5.32 Å². The minimum atomic E-state index is 0.222. The molecular formula is C13H18N2OS. The van der Waals surface area contributed by atoms with Crippen LogP contribution in [0.25, 0.3) is 10.2 Å². The van der Waals surface area contributed by atoms with Gasteiger partial charge in [0, 0.05) is 13.2 Å². The Balaban J connectivity index is 2.06. The molecule has 0 radical (unpaired) electrons.